The van der Waals surface area contributed by atoms with E-state index in [1.54, 1.807) is 37.6 Å². The lowest BCUT2D eigenvalue weighted by atomic mass is 10.3. The van der Waals surface area contributed by atoms with Crippen LogP contribution in [0.15, 0.2) is 42.7 Å². The predicted molar refractivity (Wildman–Crippen MR) is 76.2 cm³/mol. The molecule has 21 heavy (non-hydrogen) atoms. The molecule has 0 unspecified atom stereocenters. The van der Waals surface area contributed by atoms with Gasteiger partial charge in [-0.1, -0.05) is 0 Å². The highest BCUT2D eigenvalue weighted by Gasteiger charge is 2.08. The number of anilines is 3. The van der Waals surface area contributed by atoms with E-state index in [4.69, 9.17) is 0 Å². The third-order valence-electron chi connectivity index (χ3n) is 2.66. The van der Waals surface area contributed by atoms with E-state index in [-0.39, 0.29) is 5.82 Å². The minimum Gasteiger partial charge on any atom is -0.357 e. The van der Waals surface area contributed by atoms with Crippen LogP contribution in [-0.2, 0) is 0 Å². The Bertz CT molecular complexity index is 725. The van der Waals surface area contributed by atoms with Gasteiger partial charge in [0.05, 0.1) is 0 Å². The van der Waals surface area contributed by atoms with Crippen LogP contribution in [0.4, 0.5) is 22.0 Å². The summed E-state index contributed by atoms with van der Waals surface area (Å²) in [4.78, 5) is 12.7. The number of nitrogens with one attached hydrogen (secondary N) is 2. The molecule has 0 spiro atoms. The normalized spacial score (nSPS) is 10.4. The van der Waals surface area contributed by atoms with Gasteiger partial charge in [-0.3, -0.25) is 0 Å². The molecule has 0 atom stereocenters. The molecule has 0 aliphatic heterocycles. The van der Waals surface area contributed by atoms with Gasteiger partial charge in [-0.05, 0) is 30.3 Å². The monoisotopic (exact) mass is 285 g/mol. The van der Waals surface area contributed by atoms with Crippen molar-refractivity contribution in [2.75, 3.05) is 17.7 Å². The number of hydrogen-bond acceptors (Lipinski definition) is 6. The fourth-order valence-electron chi connectivity index (χ4n) is 1.68. The van der Waals surface area contributed by atoms with E-state index in [0.717, 1.165) is 0 Å². The Morgan fingerprint density at radius 2 is 1.81 bits per heavy atom. The second-order valence-electron chi connectivity index (χ2n) is 4.12. The molecule has 106 valence electrons. The van der Waals surface area contributed by atoms with Gasteiger partial charge in [0.25, 0.3) is 5.95 Å². The smallest absolute Gasteiger partial charge is 0.257 e. The fourth-order valence-corrected chi connectivity index (χ4v) is 1.68. The average molecular weight is 285 g/mol. The molecule has 0 aliphatic rings. The highest BCUT2D eigenvalue weighted by molar-refractivity contribution is 5.54. The molecule has 0 aliphatic carbocycles. The molecule has 2 heterocycles. The molecule has 3 rings (SSSR count). The Labute approximate surface area is 119 Å². The van der Waals surface area contributed by atoms with Crippen LogP contribution in [-0.4, -0.2) is 31.8 Å². The largest absolute Gasteiger partial charge is 0.357 e. The van der Waals surface area contributed by atoms with Crippen molar-refractivity contribution in [1.82, 2.24) is 24.7 Å². The summed E-state index contributed by atoms with van der Waals surface area (Å²) in [6, 6.07) is 7.70. The first-order valence-electron chi connectivity index (χ1n) is 6.21. The van der Waals surface area contributed by atoms with Crippen molar-refractivity contribution in [3.63, 3.8) is 0 Å². The van der Waals surface area contributed by atoms with Crippen LogP contribution in [0.5, 0.6) is 0 Å². The third-order valence-corrected chi connectivity index (χ3v) is 2.66. The van der Waals surface area contributed by atoms with Gasteiger partial charge in [-0.2, -0.15) is 20.1 Å². The van der Waals surface area contributed by atoms with E-state index in [0.29, 0.717) is 23.5 Å². The molecular weight excluding hydrogens is 273 g/mol. The van der Waals surface area contributed by atoms with Gasteiger partial charge >= 0.3 is 0 Å². The van der Waals surface area contributed by atoms with Crippen LogP contribution < -0.4 is 10.6 Å². The van der Waals surface area contributed by atoms with Crippen LogP contribution >= 0.6 is 0 Å². The molecule has 0 fully saturated rings. The van der Waals surface area contributed by atoms with Gasteiger partial charge in [-0.25, -0.2) is 9.07 Å². The van der Waals surface area contributed by atoms with Crippen molar-refractivity contribution in [3.05, 3.63) is 48.5 Å². The number of benzene rings is 1. The molecule has 0 saturated carbocycles. The molecule has 0 bridgehead atoms. The summed E-state index contributed by atoms with van der Waals surface area (Å²) in [6.07, 6.45) is 3.37. The van der Waals surface area contributed by atoms with Crippen molar-refractivity contribution in [2.24, 2.45) is 0 Å². The summed E-state index contributed by atoms with van der Waals surface area (Å²) in [5.41, 5.74) is 0.677. The van der Waals surface area contributed by atoms with Gasteiger partial charge in [-0.15, -0.1) is 0 Å². The van der Waals surface area contributed by atoms with E-state index >= 15 is 0 Å². The van der Waals surface area contributed by atoms with E-state index in [1.165, 1.54) is 16.8 Å². The Kier molecular flexibility index (Phi) is 3.42. The quantitative estimate of drug-likeness (QED) is 0.763. The van der Waals surface area contributed by atoms with Crippen LogP contribution in [0.1, 0.15) is 0 Å². The second kappa shape index (κ2) is 5.53. The molecular formula is C13H12FN7. The minimum absolute atomic E-state index is 0.302. The zero-order chi connectivity index (χ0) is 14.7. The third kappa shape index (κ3) is 2.94. The number of rotatable bonds is 4. The maximum atomic E-state index is 12.9. The number of hydrogen-bond donors (Lipinski definition) is 2. The predicted octanol–water partition coefficient (Wildman–Crippen LogP) is 1.98. The highest BCUT2D eigenvalue weighted by Crippen LogP contribution is 2.15. The van der Waals surface area contributed by atoms with E-state index in [2.05, 4.69) is 30.7 Å². The highest BCUT2D eigenvalue weighted by atomic mass is 19.1. The molecule has 1 aromatic carbocycles. The summed E-state index contributed by atoms with van der Waals surface area (Å²) >= 11 is 0. The van der Waals surface area contributed by atoms with Gasteiger partial charge in [0.1, 0.15) is 5.82 Å². The lowest BCUT2D eigenvalue weighted by Gasteiger charge is -2.08. The molecule has 0 radical (unpaired) electrons. The summed E-state index contributed by atoms with van der Waals surface area (Å²) in [5.74, 6) is 0.819. The van der Waals surface area contributed by atoms with Crippen LogP contribution in [0.25, 0.3) is 5.95 Å². The molecule has 2 aromatic heterocycles. The van der Waals surface area contributed by atoms with Crippen LogP contribution in [0, 0.1) is 5.82 Å². The van der Waals surface area contributed by atoms with E-state index < -0.39 is 0 Å². The van der Waals surface area contributed by atoms with Crippen molar-refractivity contribution >= 4 is 17.6 Å². The van der Waals surface area contributed by atoms with Crippen molar-refractivity contribution in [3.8, 4) is 5.95 Å². The van der Waals surface area contributed by atoms with Crippen molar-refractivity contribution in [2.45, 2.75) is 0 Å². The summed E-state index contributed by atoms with van der Waals surface area (Å²) in [5, 5.41) is 9.94. The average Bonchev–Trinajstić information content (AvgIpc) is 3.04. The zero-order valence-corrected chi connectivity index (χ0v) is 11.2. The first-order valence-corrected chi connectivity index (χ1v) is 6.21. The molecule has 8 heteroatoms. The van der Waals surface area contributed by atoms with Gasteiger partial charge < -0.3 is 10.6 Å². The summed E-state index contributed by atoms with van der Waals surface area (Å²) in [7, 11) is 1.71. The summed E-state index contributed by atoms with van der Waals surface area (Å²) < 4.78 is 14.4. The van der Waals surface area contributed by atoms with Crippen molar-refractivity contribution in [1.29, 1.82) is 0 Å². The first-order chi connectivity index (χ1) is 10.2. The first kappa shape index (κ1) is 13.0. The number of aromatic nitrogens is 5. The van der Waals surface area contributed by atoms with Gasteiger partial charge in [0, 0.05) is 25.1 Å². The topological polar surface area (TPSA) is 80.5 Å². The van der Waals surface area contributed by atoms with Crippen LogP contribution in [0.3, 0.4) is 0 Å². The Hall–Kier alpha value is -3.03. The Morgan fingerprint density at radius 1 is 1.05 bits per heavy atom. The number of nitrogens with zero attached hydrogens (tertiary/aromatic N) is 5. The molecule has 3 aromatic rings. The van der Waals surface area contributed by atoms with Crippen molar-refractivity contribution < 1.29 is 4.39 Å². The zero-order valence-electron chi connectivity index (χ0n) is 11.2. The Balaban J connectivity index is 1.94. The SMILES string of the molecule is CNc1nc(Nc2ccc(F)cc2)nc(-n2cccn2)n1. The fraction of sp³-hybridized carbons (Fsp3) is 0.0769. The van der Waals surface area contributed by atoms with Gasteiger partial charge in [0.2, 0.25) is 11.9 Å². The van der Waals surface area contributed by atoms with E-state index in [1.807, 2.05) is 0 Å². The van der Waals surface area contributed by atoms with E-state index in [9.17, 15) is 4.39 Å². The number of halogens is 1. The standard InChI is InChI=1S/C13H12FN7/c1-15-11-18-12(17-10-5-3-9(14)4-6-10)20-13(19-11)21-8-2-7-16-21/h2-8H,1H3,(H2,15,17,18,19,20). The lowest BCUT2D eigenvalue weighted by molar-refractivity contribution is 0.628. The second-order valence-corrected chi connectivity index (χ2v) is 4.12. The molecule has 0 amide bonds. The maximum absolute atomic E-state index is 12.9. The minimum atomic E-state index is -0.302. The molecule has 0 saturated heterocycles. The molecule has 7 nitrogen and oxygen atoms in total. The van der Waals surface area contributed by atoms with Gasteiger partial charge in [0.15, 0.2) is 0 Å². The molecule has 2 N–H and O–H groups in total. The Morgan fingerprint density at radius 3 is 2.48 bits per heavy atom. The lowest BCUT2D eigenvalue weighted by Crippen LogP contribution is -2.09. The van der Waals surface area contributed by atoms with Crippen LogP contribution in [0.2, 0.25) is 0 Å². The summed E-state index contributed by atoms with van der Waals surface area (Å²) in [6.45, 7) is 0. The maximum Gasteiger partial charge on any atom is 0.257 e.